The van der Waals surface area contributed by atoms with E-state index >= 15 is 0 Å². The number of carbonyl (C=O) groups excluding carboxylic acids is 2. The number of carboxylic acids is 1. The molecule has 1 saturated heterocycles. The van der Waals surface area contributed by atoms with Gasteiger partial charge in [0.05, 0.1) is 6.04 Å². The number of guanidine groups is 1. The largest absolute Gasteiger partial charge is 0.480 e. The summed E-state index contributed by atoms with van der Waals surface area (Å²) >= 11 is 1.54. The van der Waals surface area contributed by atoms with Gasteiger partial charge in [-0.2, -0.15) is 11.8 Å². The smallest absolute Gasteiger partial charge is 0.326 e. The fourth-order valence-corrected chi connectivity index (χ4v) is 3.38. The molecule has 1 aliphatic heterocycles. The van der Waals surface area contributed by atoms with Crippen molar-refractivity contribution in [1.82, 2.24) is 10.2 Å². The highest BCUT2D eigenvalue weighted by atomic mass is 32.2. The zero-order valence-electron chi connectivity index (χ0n) is 15.6. The van der Waals surface area contributed by atoms with E-state index in [-0.39, 0.29) is 11.9 Å². The average Bonchev–Trinajstić information content (AvgIpc) is 3.11. The molecule has 1 heterocycles. The Hall–Kier alpha value is -2.01. The number of aliphatic imine (C=N–C) groups is 1. The number of hydrogen-bond donors (Lipinski definition) is 5. The SMILES string of the molecule is CSCC[C@H](NC(=O)[C@@H](N)CCCN=C(N)N)C(=O)N1CCC[C@H]1C(=O)O. The van der Waals surface area contributed by atoms with E-state index in [4.69, 9.17) is 17.2 Å². The van der Waals surface area contributed by atoms with Crippen molar-refractivity contribution >= 4 is 35.5 Å². The maximum absolute atomic E-state index is 12.8. The van der Waals surface area contributed by atoms with Crippen LogP contribution in [0, 0.1) is 0 Å². The van der Waals surface area contributed by atoms with Crippen LogP contribution in [0.25, 0.3) is 0 Å². The first-order valence-corrected chi connectivity index (χ1v) is 10.3. The van der Waals surface area contributed by atoms with E-state index < -0.39 is 30.0 Å². The molecule has 3 atom stereocenters. The highest BCUT2D eigenvalue weighted by molar-refractivity contribution is 7.98. The van der Waals surface area contributed by atoms with Crippen LogP contribution in [-0.4, -0.2) is 77.0 Å². The second kappa shape index (κ2) is 11.7. The molecule has 0 aromatic heterocycles. The average molecular weight is 403 g/mol. The minimum Gasteiger partial charge on any atom is -0.480 e. The zero-order valence-corrected chi connectivity index (χ0v) is 16.4. The summed E-state index contributed by atoms with van der Waals surface area (Å²) in [5.74, 6) is -1.19. The van der Waals surface area contributed by atoms with Crippen molar-refractivity contribution in [3.05, 3.63) is 0 Å². The minimum absolute atomic E-state index is 0.0191. The van der Waals surface area contributed by atoms with Gasteiger partial charge in [-0.3, -0.25) is 14.6 Å². The molecule has 8 N–H and O–H groups in total. The highest BCUT2D eigenvalue weighted by Gasteiger charge is 2.37. The van der Waals surface area contributed by atoms with Crippen molar-refractivity contribution < 1.29 is 19.5 Å². The molecular formula is C16H30N6O4S. The predicted molar refractivity (Wildman–Crippen MR) is 105 cm³/mol. The van der Waals surface area contributed by atoms with Crippen molar-refractivity contribution in [2.24, 2.45) is 22.2 Å². The lowest BCUT2D eigenvalue weighted by atomic mass is 10.1. The lowest BCUT2D eigenvalue weighted by Crippen LogP contribution is -2.54. The lowest BCUT2D eigenvalue weighted by Gasteiger charge is -2.28. The van der Waals surface area contributed by atoms with Crippen LogP contribution in [0.1, 0.15) is 32.1 Å². The van der Waals surface area contributed by atoms with Gasteiger partial charge in [0.1, 0.15) is 12.1 Å². The maximum atomic E-state index is 12.8. The number of hydrogen-bond acceptors (Lipinski definition) is 6. The molecule has 154 valence electrons. The Balaban J connectivity index is 2.67. The van der Waals surface area contributed by atoms with Crippen LogP contribution in [0.3, 0.4) is 0 Å². The Morgan fingerprint density at radius 1 is 1.33 bits per heavy atom. The molecule has 0 aromatic carbocycles. The molecule has 11 heteroatoms. The molecule has 10 nitrogen and oxygen atoms in total. The number of amides is 2. The fourth-order valence-electron chi connectivity index (χ4n) is 2.91. The van der Waals surface area contributed by atoms with Crippen LogP contribution in [-0.2, 0) is 14.4 Å². The second-order valence-corrected chi connectivity index (χ2v) is 7.41. The summed E-state index contributed by atoms with van der Waals surface area (Å²) < 4.78 is 0. The molecular weight excluding hydrogens is 372 g/mol. The van der Waals surface area contributed by atoms with Crippen molar-refractivity contribution in [3.8, 4) is 0 Å². The summed E-state index contributed by atoms with van der Waals surface area (Å²) in [4.78, 5) is 41.7. The normalized spacial score (nSPS) is 18.6. The Labute approximate surface area is 163 Å². The summed E-state index contributed by atoms with van der Waals surface area (Å²) in [7, 11) is 0. The van der Waals surface area contributed by atoms with E-state index in [1.54, 1.807) is 11.8 Å². The second-order valence-electron chi connectivity index (χ2n) is 6.43. The molecule has 1 aliphatic rings. The van der Waals surface area contributed by atoms with E-state index in [9.17, 15) is 19.5 Å². The van der Waals surface area contributed by atoms with Crippen LogP contribution in [0.5, 0.6) is 0 Å². The Bertz CT molecular complexity index is 555. The van der Waals surface area contributed by atoms with Gasteiger partial charge >= 0.3 is 5.97 Å². The van der Waals surface area contributed by atoms with Crippen molar-refractivity contribution in [3.63, 3.8) is 0 Å². The van der Waals surface area contributed by atoms with E-state index in [2.05, 4.69) is 10.3 Å². The lowest BCUT2D eigenvalue weighted by molar-refractivity contribution is -0.149. The molecule has 0 aromatic rings. The Kier molecular flexibility index (Phi) is 9.94. The zero-order chi connectivity index (χ0) is 20.4. The number of aliphatic carboxylic acids is 1. The summed E-state index contributed by atoms with van der Waals surface area (Å²) in [6, 6.07) is -2.41. The Morgan fingerprint density at radius 3 is 2.63 bits per heavy atom. The van der Waals surface area contributed by atoms with E-state index in [1.165, 1.54) is 4.90 Å². The van der Waals surface area contributed by atoms with Gasteiger partial charge < -0.3 is 32.5 Å². The van der Waals surface area contributed by atoms with E-state index in [1.807, 2.05) is 6.26 Å². The predicted octanol–water partition coefficient (Wildman–Crippen LogP) is -1.32. The number of carbonyl (C=O) groups is 3. The summed E-state index contributed by atoms with van der Waals surface area (Å²) in [5.41, 5.74) is 16.4. The minimum atomic E-state index is -1.02. The molecule has 0 saturated carbocycles. The van der Waals surface area contributed by atoms with Gasteiger partial charge in [0.15, 0.2) is 5.96 Å². The van der Waals surface area contributed by atoms with Crippen molar-refractivity contribution in [2.45, 2.75) is 50.2 Å². The van der Waals surface area contributed by atoms with Crippen molar-refractivity contribution in [1.29, 1.82) is 0 Å². The molecule has 0 radical (unpaired) electrons. The molecule has 1 rings (SSSR count). The number of nitrogens with zero attached hydrogens (tertiary/aromatic N) is 2. The van der Waals surface area contributed by atoms with Gasteiger partial charge in [-0.15, -0.1) is 0 Å². The van der Waals surface area contributed by atoms with Gasteiger partial charge in [0, 0.05) is 13.1 Å². The topological polar surface area (TPSA) is 177 Å². The van der Waals surface area contributed by atoms with E-state index in [0.717, 1.165) is 0 Å². The van der Waals surface area contributed by atoms with Gasteiger partial charge in [0.25, 0.3) is 0 Å². The molecule has 1 fully saturated rings. The summed E-state index contributed by atoms with van der Waals surface area (Å²) in [6.45, 7) is 0.748. The standard InChI is InChI=1S/C16H30N6O4S/c1-27-9-6-11(14(24)22-8-3-5-12(22)15(25)26)21-13(23)10(17)4-2-7-20-16(18)19/h10-12H,2-9,17H2,1H3,(H,21,23)(H,25,26)(H4,18,19,20)/t10-,11-,12-/m0/s1. The number of carboxylic acid groups (broad SMARTS) is 1. The monoisotopic (exact) mass is 402 g/mol. The molecule has 0 bridgehead atoms. The fraction of sp³-hybridized carbons (Fsp3) is 0.750. The third-order valence-electron chi connectivity index (χ3n) is 4.35. The van der Waals surface area contributed by atoms with Crippen LogP contribution < -0.4 is 22.5 Å². The number of likely N-dealkylation sites (tertiary alicyclic amines) is 1. The third kappa shape index (κ3) is 7.63. The molecule has 0 unspecified atom stereocenters. The first kappa shape index (κ1) is 23.0. The van der Waals surface area contributed by atoms with Crippen LogP contribution in [0.4, 0.5) is 0 Å². The first-order valence-electron chi connectivity index (χ1n) is 8.91. The maximum Gasteiger partial charge on any atom is 0.326 e. The number of thioether (sulfide) groups is 1. The number of nitrogens with one attached hydrogen (secondary N) is 1. The van der Waals surface area contributed by atoms with Gasteiger partial charge in [-0.25, -0.2) is 4.79 Å². The van der Waals surface area contributed by atoms with Crippen LogP contribution in [0.15, 0.2) is 4.99 Å². The molecule has 27 heavy (non-hydrogen) atoms. The van der Waals surface area contributed by atoms with Crippen LogP contribution >= 0.6 is 11.8 Å². The quantitative estimate of drug-likeness (QED) is 0.160. The van der Waals surface area contributed by atoms with E-state index in [0.29, 0.717) is 50.9 Å². The van der Waals surface area contributed by atoms with Crippen LogP contribution in [0.2, 0.25) is 0 Å². The summed E-state index contributed by atoms with van der Waals surface area (Å²) in [6.07, 6.45) is 4.27. The Morgan fingerprint density at radius 2 is 2.04 bits per heavy atom. The number of nitrogens with two attached hydrogens (primary N) is 3. The number of rotatable bonds is 11. The van der Waals surface area contributed by atoms with Gasteiger partial charge in [-0.1, -0.05) is 0 Å². The molecule has 2 amide bonds. The third-order valence-corrected chi connectivity index (χ3v) is 4.99. The first-order chi connectivity index (χ1) is 12.8. The summed E-state index contributed by atoms with van der Waals surface area (Å²) in [5, 5.41) is 12.0. The molecule has 0 aliphatic carbocycles. The van der Waals surface area contributed by atoms with Gasteiger partial charge in [0.2, 0.25) is 11.8 Å². The molecule has 0 spiro atoms. The highest BCUT2D eigenvalue weighted by Crippen LogP contribution is 2.19. The van der Waals surface area contributed by atoms with Gasteiger partial charge in [-0.05, 0) is 44.1 Å². The van der Waals surface area contributed by atoms with Crippen molar-refractivity contribution in [2.75, 3.05) is 25.1 Å².